The van der Waals surface area contributed by atoms with Crippen LogP contribution >= 0.6 is 0 Å². The zero-order valence-electron chi connectivity index (χ0n) is 10.3. The Hall–Kier alpha value is -2.90. The molecule has 0 spiro atoms. The lowest BCUT2D eigenvalue weighted by atomic mass is 10.1. The summed E-state index contributed by atoms with van der Waals surface area (Å²) in [6.45, 7) is 0. The highest BCUT2D eigenvalue weighted by Gasteiger charge is 2.22. The maximum Gasteiger partial charge on any atom is 0.275 e. The number of nitrogens with zero attached hydrogens (tertiary/aromatic N) is 1. The predicted octanol–water partition coefficient (Wildman–Crippen LogP) is 3.26. The summed E-state index contributed by atoms with van der Waals surface area (Å²) in [5.41, 5.74) is -1.63. The van der Waals surface area contributed by atoms with E-state index in [2.05, 4.69) is 5.32 Å². The molecule has 0 aliphatic rings. The third-order valence-corrected chi connectivity index (χ3v) is 2.57. The average molecular weight is 296 g/mol. The second-order valence-corrected chi connectivity index (χ2v) is 4.00. The van der Waals surface area contributed by atoms with Gasteiger partial charge in [-0.2, -0.15) is 0 Å². The summed E-state index contributed by atoms with van der Waals surface area (Å²) < 4.78 is 39.9. The number of nitro benzene ring substituents is 1. The van der Waals surface area contributed by atoms with Crippen molar-refractivity contribution in [1.29, 1.82) is 0 Å². The number of carbonyl (C=O) groups is 1. The van der Waals surface area contributed by atoms with Gasteiger partial charge in [0, 0.05) is 5.69 Å². The summed E-state index contributed by atoms with van der Waals surface area (Å²) in [7, 11) is 0. The van der Waals surface area contributed by atoms with Crippen molar-refractivity contribution in [2.24, 2.45) is 0 Å². The van der Waals surface area contributed by atoms with E-state index in [1.54, 1.807) is 0 Å². The second-order valence-electron chi connectivity index (χ2n) is 4.00. The summed E-state index contributed by atoms with van der Waals surface area (Å²) in [5.74, 6) is -4.39. The van der Waals surface area contributed by atoms with Gasteiger partial charge in [-0.3, -0.25) is 14.9 Å². The topological polar surface area (TPSA) is 72.2 Å². The van der Waals surface area contributed by atoms with Gasteiger partial charge in [-0.15, -0.1) is 0 Å². The Kier molecular flexibility index (Phi) is 3.88. The van der Waals surface area contributed by atoms with Crippen LogP contribution < -0.4 is 5.32 Å². The molecule has 0 radical (unpaired) electrons. The number of anilines is 1. The molecule has 2 aromatic rings. The molecule has 8 heteroatoms. The minimum Gasteiger partial charge on any atom is -0.322 e. The van der Waals surface area contributed by atoms with Crippen molar-refractivity contribution < 1.29 is 22.9 Å². The van der Waals surface area contributed by atoms with E-state index in [0.717, 1.165) is 12.1 Å². The Morgan fingerprint density at radius 3 is 2.05 bits per heavy atom. The second kappa shape index (κ2) is 5.61. The number of carbonyl (C=O) groups excluding carboxylic acids is 1. The highest BCUT2D eigenvalue weighted by molar-refractivity contribution is 6.04. The van der Waals surface area contributed by atoms with Gasteiger partial charge in [-0.1, -0.05) is 0 Å². The summed E-state index contributed by atoms with van der Waals surface area (Å²) in [4.78, 5) is 21.2. The van der Waals surface area contributed by atoms with Crippen LogP contribution in [0, 0.1) is 27.6 Å². The summed E-state index contributed by atoms with van der Waals surface area (Å²) in [5, 5.41) is 12.6. The summed E-state index contributed by atoms with van der Waals surface area (Å²) in [6.07, 6.45) is 0. The number of amides is 1. The molecule has 0 saturated carbocycles. The Bertz CT molecular complexity index is 694. The van der Waals surface area contributed by atoms with Crippen LogP contribution in [0.15, 0.2) is 36.4 Å². The van der Waals surface area contributed by atoms with Gasteiger partial charge in [-0.05, 0) is 24.3 Å². The fourth-order valence-corrected chi connectivity index (χ4v) is 1.61. The number of hydrogen-bond donors (Lipinski definition) is 1. The van der Waals surface area contributed by atoms with Crippen molar-refractivity contribution >= 4 is 17.3 Å². The van der Waals surface area contributed by atoms with Crippen LogP contribution in [0.1, 0.15) is 10.4 Å². The van der Waals surface area contributed by atoms with Gasteiger partial charge in [0.2, 0.25) is 0 Å². The van der Waals surface area contributed by atoms with Crippen LogP contribution in [-0.4, -0.2) is 10.8 Å². The fourth-order valence-electron chi connectivity index (χ4n) is 1.61. The molecule has 1 N–H and O–H groups in total. The number of hydrogen-bond acceptors (Lipinski definition) is 3. The van der Waals surface area contributed by atoms with Crippen molar-refractivity contribution in [3.63, 3.8) is 0 Å². The van der Waals surface area contributed by atoms with Crippen LogP contribution in [0.25, 0.3) is 0 Å². The molecule has 1 amide bonds. The van der Waals surface area contributed by atoms with Crippen LogP contribution in [0.5, 0.6) is 0 Å². The SMILES string of the molecule is O=C(Nc1ccc(F)cc1)c1c(F)cc([N+](=O)[O-])cc1F. The van der Waals surface area contributed by atoms with E-state index >= 15 is 0 Å². The lowest BCUT2D eigenvalue weighted by Crippen LogP contribution is -2.16. The first-order chi connectivity index (χ1) is 9.88. The lowest BCUT2D eigenvalue weighted by Gasteiger charge is -2.07. The summed E-state index contributed by atoms with van der Waals surface area (Å²) >= 11 is 0. The molecule has 2 rings (SSSR count). The third-order valence-electron chi connectivity index (χ3n) is 2.57. The minimum absolute atomic E-state index is 0.124. The predicted molar refractivity (Wildman–Crippen MR) is 67.4 cm³/mol. The molecule has 108 valence electrons. The van der Waals surface area contributed by atoms with Crippen LogP contribution in [0.2, 0.25) is 0 Å². The van der Waals surface area contributed by atoms with Gasteiger partial charge in [0.05, 0.1) is 17.1 Å². The first-order valence-corrected chi connectivity index (χ1v) is 5.59. The van der Waals surface area contributed by atoms with E-state index in [4.69, 9.17) is 0 Å². The molecular formula is C13H7F3N2O3. The number of rotatable bonds is 3. The summed E-state index contributed by atoms with van der Waals surface area (Å²) in [6, 6.07) is 5.41. The number of benzene rings is 2. The van der Waals surface area contributed by atoms with E-state index < -0.39 is 39.5 Å². The van der Waals surface area contributed by atoms with Crippen LogP contribution in [-0.2, 0) is 0 Å². The molecule has 0 saturated heterocycles. The molecule has 21 heavy (non-hydrogen) atoms. The smallest absolute Gasteiger partial charge is 0.275 e. The van der Waals surface area contributed by atoms with E-state index in [0.29, 0.717) is 12.1 Å². The van der Waals surface area contributed by atoms with Crippen molar-refractivity contribution in [3.05, 3.63) is 69.5 Å². The number of halogens is 3. The van der Waals surface area contributed by atoms with Gasteiger partial charge in [-0.25, -0.2) is 13.2 Å². The molecule has 0 unspecified atom stereocenters. The average Bonchev–Trinajstić information content (AvgIpc) is 2.40. The molecule has 5 nitrogen and oxygen atoms in total. The molecule has 0 aliphatic carbocycles. The molecular weight excluding hydrogens is 289 g/mol. The minimum atomic E-state index is -1.36. The van der Waals surface area contributed by atoms with E-state index in [1.807, 2.05) is 0 Å². The van der Waals surface area contributed by atoms with Crippen molar-refractivity contribution in [2.45, 2.75) is 0 Å². The van der Waals surface area contributed by atoms with Gasteiger partial charge in [0.1, 0.15) is 23.0 Å². The maximum absolute atomic E-state index is 13.6. The van der Waals surface area contributed by atoms with Gasteiger partial charge in [0.15, 0.2) is 0 Å². The standard InChI is InChI=1S/C13H7F3N2O3/c14-7-1-3-8(4-2-7)17-13(19)12-10(15)5-9(18(20)21)6-11(12)16/h1-6H,(H,17,19). The molecule has 0 aromatic heterocycles. The van der Waals surface area contributed by atoms with Gasteiger partial charge >= 0.3 is 0 Å². The van der Waals surface area contributed by atoms with Gasteiger partial charge in [0.25, 0.3) is 11.6 Å². The third kappa shape index (κ3) is 3.16. The molecule has 2 aromatic carbocycles. The quantitative estimate of drug-likeness (QED) is 0.698. The molecule has 0 bridgehead atoms. The monoisotopic (exact) mass is 296 g/mol. The van der Waals surface area contributed by atoms with Gasteiger partial charge < -0.3 is 5.32 Å². The van der Waals surface area contributed by atoms with E-state index in [-0.39, 0.29) is 5.69 Å². The Labute approximate surface area is 116 Å². The molecule has 0 aliphatic heterocycles. The van der Waals surface area contributed by atoms with Crippen LogP contribution in [0.3, 0.4) is 0 Å². The first-order valence-electron chi connectivity index (χ1n) is 5.59. The van der Waals surface area contributed by atoms with E-state index in [1.165, 1.54) is 12.1 Å². The number of nitrogens with one attached hydrogen (secondary N) is 1. The molecule has 0 heterocycles. The lowest BCUT2D eigenvalue weighted by molar-refractivity contribution is -0.385. The van der Waals surface area contributed by atoms with Crippen molar-refractivity contribution in [1.82, 2.24) is 0 Å². The number of nitro groups is 1. The van der Waals surface area contributed by atoms with Crippen molar-refractivity contribution in [3.8, 4) is 0 Å². The highest BCUT2D eigenvalue weighted by atomic mass is 19.1. The van der Waals surface area contributed by atoms with E-state index in [9.17, 15) is 28.1 Å². The zero-order chi connectivity index (χ0) is 15.6. The fraction of sp³-hybridized carbons (Fsp3) is 0. The maximum atomic E-state index is 13.6. The highest BCUT2D eigenvalue weighted by Crippen LogP contribution is 2.21. The Morgan fingerprint density at radius 1 is 1.05 bits per heavy atom. The normalized spacial score (nSPS) is 10.2. The first kappa shape index (κ1) is 14.5. The Balaban J connectivity index is 2.31. The molecule has 0 fully saturated rings. The van der Waals surface area contributed by atoms with Crippen LogP contribution in [0.4, 0.5) is 24.5 Å². The number of non-ortho nitro benzene ring substituents is 1. The van der Waals surface area contributed by atoms with Crippen molar-refractivity contribution in [2.75, 3.05) is 5.32 Å². The largest absolute Gasteiger partial charge is 0.322 e. The Morgan fingerprint density at radius 2 is 1.57 bits per heavy atom. The zero-order valence-corrected chi connectivity index (χ0v) is 10.3. The molecule has 0 atom stereocenters.